The van der Waals surface area contributed by atoms with Crippen LogP contribution in [0, 0.1) is 18.3 Å². The first-order valence-corrected chi connectivity index (χ1v) is 10.1. The minimum atomic E-state index is 0.117. The van der Waals surface area contributed by atoms with Crippen molar-refractivity contribution in [3.63, 3.8) is 0 Å². The number of aromatic amines is 1. The highest BCUT2D eigenvalue weighted by Crippen LogP contribution is 2.27. The lowest BCUT2D eigenvalue weighted by Crippen LogP contribution is -2.03. The zero-order valence-corrected chi connectivity index (χ0v) is 17.6. The van der Waals surface area contributed by atoms with Crippen LogP contribution in [0.3, 0.4) is 0 Å². The van der Waals surface area contributed by atoms with Crippen molar-refractivity contribution in [3.8, 4) is 40.2 Å². The molecule has 4 heterocycles. The van der Waals surface area contributed by atoms with Crippen LogP contribution in [-0.4, -0.2) is 39.9 Å². The summed E-state index contributed by atoms with van der Waals surface area (Å²) in [6.45, 7) is 2.31. The fraction of sp³-hybridized carbons (Fsp3) is 0.0870. The molecule has 10 nitrogen and oxygen atoms in total. The van der Waals surface area contributed by atoms with Gasteiger partial charge in [-0.15, -0.1) is 5.10 Å². The molecule has 0 unspecified atom stereocenters. The van der Waals surface area contributed by atoms with Crippen molar-refractivity contribution in [1.29, 1.82) is 5.26 Å². The topological polar surface area (TPSA) is 148 Å². The number of pyridine rings is 1. The summed E-state index contributed by atoms with van der Waals surface area (Å²) in [5.74, 6) is 0.822. The lowest BCUT2D eigenvalue weighted by Gasteiger charge is -2.08. The van der Waals surface area contributed by atoms with Crippen molar-refractivity contribution in [2.75, 3.05) is 5.73 Å². The molecule has 0 spiro atoms. The Kier molecular flexibility index (Phi) is 5.04. The number of nitrogens with one attached hydrogen (secondary N) is 1. The van der Waals surface area contributed by atoms with Gasteiger partial charge in [-0.1, -0.05) is 23.4 Å². The SMILES string of the molecule is Cc1c(C#N)cccc1-c1cc(-c2cn(Cc3cccc(-c4ncc[nH]4)n3)nn2)nc(N)n1. The summed E-state index contributed by atoms with van der Waals surface area (Å²) in [5, 5.41) is 17.8. The summed E-state index contributed by atoms with van der Waals surface area (Å²) in [5.41, 5.74) is 11.5. The average molecular weight is 434 g/mol. The van der Waals surface area contributed by atoms with E-state index in [2.05, 4.69) is 41.3 Å². The molecule has 0 aliphatic rings. The molecule has 0 fully saturated rings. The van der Waals surface area contributed by atoms with E-state index in [9.17, 15) is 5.26 Å². The largest absolute Gasteiger partial charge is 0.368 e. The molecular formula is C23H18N10. The molecule has 5 rings (SSSR count). The Morgan fingerprint density at radius 2 is 1.88 bits per heavy atom. The summed E-state index contributed by atoms with van der Waals surface area (Å²) < 4.78 is 1.68. The predicted molar refractivity (Wildman–Crippen MR) is 121 cm³/mol. The smallest absolute Gasteiger partial charge is 0.221 e. The van der Waals surface area contributed by atoms with Gasteiger partial charge in [0.1, 0.15) is 11.4 Å². The second-order valence-electron chi connectivity index (χ2n) is 7.34. The summed E-state index contributed by atoms with van der Waals surface area (Å²) in [6, 6.07) is 15.2. The lowest BCUT2D eigenvalue weighted by molar-refractivity contribution is 0.639. The molecule has 0 atom stereocenters. The van der Waals surface area contributed by atoms with Crippen molar-refractivity contribution in [2.45, 2.75) is 13.5 Å². The second-order valence-corrected chi connectivity index (χ2v) is 7.34. The number of nitrogen functional groups attached to an aromatic ring is 1. The Hall–Kier alpha value is -4.91. The number of H-pyrrole nitrogens is 1. The van der Waals surface area contributed by atoms with Gasteiger partial charge in [0.05, 0.1) is 41.5 Å². The molecule has 0 saturated carbocycles. The van der Waals surface area contributed by atoms with E-state index in [1.54, 1.807) is 35.4 Å². The van der Waals surface area contributed by atoms with Gasteiger partial charge < -0.3 is 10.7 Å². The number of nitrogens with zero attached hydrogens (tertiary/aromatic N) is 8. The summed E-state index contributed by atoms with van der Waals surface area (Å²) in [7, 11) is 0. The van der Waals surface area contributed by atoms with Gasteiger partial charge >= 0.3 is 0 Å². The minimum Gasteiger partial charge on any atom is -0.368 e. The molecule has 33 heavy (non-hydrogen) atoms. The molecule has 5 aromatic rings. The Bertz CT molecular complexity index is 1480. The van der Waals surface area contributed by atoms with Gasteiger partial charge in [-0.3, -0.25) is 0 Å². The first-order valence-electron chi connectivity index (χ1n) is 10.1. The van der Waals surface area contributed by atoms with Gasteiger partial charge in [-0.2, -0.15) is 5.26 Å². The van der Waals surface area contributed by atoms with E-state index < -0.39 is 0 Å². The first kappa shape index (κ1) is 20.0. The zero-order chi connectivity index (χ0) is 22.8. The average Bonchev–Trinajstić information content (AvgIpc) is 3.52. The summed E-state index contributed by atoms with van der Waals surface area (Å²) in [4.78, 5) is 20.6. The maximum atomic E-state index is 9.33. The van der Waals surface area contributed by atoms with Crippen LogP contribution in [0.2, 0.25) is 0 Å². The van der Waals surface area contributed by atoms with E-state index in [1.165, 1.54) is 0 Å². The molecule has 4 aromatic heterocycles. The fourth-order valence-electron chi connectivity index (χ4n) is 3.53. The third-order valence-electron chi connectivity index (χ3n) is 5.15. The van der Waals surface area contributed by atoms with Crippen molar-refractivity contribution in [1.82, 2.24) is 39.9 Å². The zero-order valence-electron chi connectivity index (χ0n) is 17.6. The summed E-state index contributed by atoms with van der Waals surface area (Å²) in [6.07, 6.45) is 5.23. The molecule has 10 heteroatoms. The highest BCUT2D eigenvalue weighted by molar-refractivity contribution is 5.71. The summed E-state index contributed by atoms with van der Waals surface area (Å²) >= 11 is 0. The maximum absolute atomic E-state index is 9.33. The monoisotopic (exact) mass is 434 g/mol. The third kappa shape index (κ3) is 4.03. The fourth-order valence-corrected chi connectivity index (χ4v) is 3.53. The Morgan fingerprint density at radius 1 is 1.03 bits per heavy atom. The van der Waals surface area contributed by atoms with Gasteiger partial charge in [-0.05, 0) is 36.8 Å². The highest BCUT2D eigenvalue weighted by atomic mass is 15.4. The molecule has 0 saturated heterocycles. The van der Waals surface area contributed by atoms with Crippen molar-refractivity contribution < 1.29 is 0 Å². The van der Waals surface area contributed by atoms with Crippen LogP contribution in [0.15, 0.2) is 61.1 Å². The molecule has 0 amide bonds. The molecular weight excluding hydrogens is 416 g/mol. The minimum absolute atomic E-state index is 0.117. The van der Waals surface area contributed by atoms with Crippen molar-refractivity contribution in [2.24, 2.45) is 0 Å². The van der Waals surface area contributed by atoms with E-state index in [0.29, 0.717) is 35.0 Å². The van der Waals surface area contributed by atoms with Crippen LogP contribution in [0.5, 0.6) is 0 Å². The van der Waals surface area contributed by atoms with Gasteiger partial charge in [0.15, 0.2) is 5.82 Å². The number of hydrogen-bond acceptors (Lipinski definition) is 8. The molecule has 3 N–H and O–H groups in total. The van der Waals surface area contributed by atoms with Crippen LogP contribution >= 0.6 is 0 Å². The Balaban J connectivity index is 1.44. The number of rotatable bonds is 5. The predicted octanol–water partition coefficient (Wildman–Crippen LogP) is 3.00. The highest BCUT2D eigenvalue weighted by Gasteiger charge is 2.14. The molecule has 160 valence electrons. The van der Waals surface area contributed by atoms with Crippen LogP contribution < -0.4 is 5.73 Å². The quantitative estimate of drug-likeness (QED) is 0.429. The Labute approximate surface area is 188 Å². The number of nitriles is 1. The van der Waals surface area contributed by atoms with E-state index in [4.69, 9.17) is 5.73 Å². The molecule has 1 aromatic carbocycles. The number of anilines is 1. The van der Waals surface area contributed by atoms with Crippen LogP contribution in [-0.2, 0) is 6.54 Å². The van der Waals surface area contributed by atoms with Crippen LogP contribution in [0.4, 0.5) is 5.95 Å². The number of aromatic nitrogens is 8. The molecule has 0 aliphatic carbocycles. The third-order valence-corrected chi connectivity index (χ3v) is 5.15. The lowest BCUT2D eigenvalue weighted by atomic mass is 10.00. The number of nitrogens with two attached hydrogens (primary N) is 1. The van der Waals surface area contributed by atoms with E-state index in [0.717, 1.165) is 22.5 Å². The van der Waals surface area contributed by atoms with Gasteiger partial charge in [0.25, 0.3) is 0 Å². The van der Waals surface area contributed by atoms with Crippen LogP contribution in [0.25, 0.3) is 34.2 Å². The van der Waals surface area contributed by atoms with Crippen molar-refractivity contribution >= 4 is 5.95 Å². The molecule has 0 radical (unpaired) electrons. The maximum Gasteiger partial charge on any atom is 0.221 e. The normalized spacial score (nSPS) is 10.8. The first-order chi connectivity index (χ1) is 16.1. The van der Waals surface area contributed by atoms with Gasteiger partial charge in [0, 0.05) is 18.0 Å². The number of hydrogen-bond donors (Lipinski definition) is 2. The standard InChI is InChI=1S/C23H18N10/c1-14-15(11-24)4-2-6-17(14)19-10-20(30-23(25)29-19)21-13-33(32-31-21)12-16-5-3-7-18(28-16)22-26-8-9-27-22/h2-10,13H,12H2,1H3,(H,26,27)(H2,25,29,30). The van der Waals surface area contributed by atoms with Crippen LogP contribution in [0.1, 0.15) is 16.8 Å². The van der Waals surface area contributed by atoms with Crippen molar-refractivity contribution in [3.05, 3.63) is 77.9 Å². The van der Waals surface area contributed by atoms with E-state index in [1.807, 2.05) is 37.3 Å². The number of benzene rings is 1. The van der Waals surface area contributed by atoms with E-state index in [-0.39, 0.29) is 5.95 Å². The van der Waals surface area contributed by atoms with E-state index >= 15 is 0 Å². The molecule has 0 aliphatic heterocycles. The Morgan fingerprint density at radius 3 is 2.70 bits per heavy atom. The van der Waals surface area contributed by atoms with Gasteiger partial charge in [0.2, 0.25) is 5.95 Å². The number of imidazole rings is 1. The van der Waals surface area contributed by atoms with Gasteiger partial charge in [-0.25, -0.2) is 24.6 Å². The second kappa shape index (κ2) is 8.32. The molecule has 0 bridgehead atoms.